The van der Waals surface area contributed by atoms with Gasteiger partial charge in [0, 0.05) is 31.4 Å². The van der Waals surface area contributed by atoms with Gasteiger partial charge in [-0.05, 0) is 24.6 Å². The summed E-state index contributed by atoms with van der Waals surface area (Å²) in [7, 11) is 3.29. The van der Waals surface area contributed by atoms with Crippen molar-refractivity contribution >= 4 is 29.9 Å². The number of nitrogens with one attached hydrogen (secondary N) is 2. The number of aliphatic imine (C=N–C) groups is 1. The highest BCUT2D eigenvalue weighted by Gasteiger charge is 2.10. The fourth-order valence-electron chi connectivity index (χ4n) is 2.35. The van der Waals surface area contributed by atoms with Crippen LogP contribution in [0.1, 0.15) is 18.9 Å². The molecule has 0 saturated carbocycles. The van der Waals surface area contributed by atoms with E-state index in [2.05, 4.69) is 20.6 Å². The van der Waals surface area contributed by atoms with Gasteiger partial charge in [0.2, 0.25) is 5.88 Å². The Balaban J connectivity index is 0.00000364. The van der Waals surface area contributed by atoms with Crippen LogP contribution in [0.2, 0.25) is 0 Å². The van der Waals surface area contributed by atoms with Gasteiger partial charge < -0.3 is 20.1 Å². The van der Waals surface area contributed by atoms with Crippen molar-refractivity contribution in [3.63, 3.8) is 0 Å². The zero-order valence-electron chi connectivity index (χ0n) is 15.7. The van der Waals surface area contributed by atoms with Gasteiger partial charge in [-0.1, -0.05) is 19.1 Å². The summed E-state index contributed by atoms with van der Waals surface area (Å²) in [6, 6.07) is 9.94. The molecular weight excluding hydrogens is 462 g/mol. The van der Waals surface area contributed by atoms with Crippen LogP contribution >= 0.6 is 24.0 Å². The lowest BCUT2D eigenvalue weighted by Gasteiger charge is -2.20. The van der Waals surface area contributed by atoms with Crippen molar-refractivity contribution in [1.82, 2.24) is 15.6 Å². The summed E-state index contributed by atoms with van der Waals surface area (Å²) in [5, 5.41) is 6.44. The maximum absolute atomic E-state index is 13.3. The van der Waals surface area contributed by atoms with E-state index >= 15 is 0 Å². The van der Waals surface area contributed by atoms with Crippen LogP contribution in [0.4, 0.5) is 4.39 Å². The van der Waals surface area contributed by atoms with Crippen molar-refractivity contribution in [2.45, 2.75) is 26.0 Å². The number of rotatable bonds is 8. The molecule has 1 unspecified atom stereocenters. The van der Waals surface area contributed by atoms with Crippen molar-refractivity contribution in [2.75, 3.05) is 20.7 Å². The second-order valence-electron chi connectivity index (χ2n) is 5.58. The molecule has 6 nitrogen and oxygen atoms in total. The fourth-order valence-corrected chi connectivity index (χ4v) is 2.35. The van der Waals surface area contributed by atoms with Gasteiger partial charge in [0.05, 0.1) is 13.7 Å². The van der Waals surface area contributed by atoms with Crippen molar-refractivity contribution < 1.29 is 13.9 Å². The van der Waals surface area contributed by atoms with Crippen LogP contribution < -0.4 is 20.1 Å². The van der Waals surface area contributed by atoms with E-state index in [9.17, 15) is 4.39 Å². The Labute approximate surface area is 176 Å². The Morgan fingerprint density at radius 3 is 2.74 bits per heavy atom. The number of guanidine groups is 1. The van der Waals surface area contributed by atoms with E-state index in [1.54, 1.807) is 32.5 Å². The van der Waals surface area contributed by atoms with E-state index in [0.29, 0.717) is 30.7 Å². The Morgan fingerprint density at radius 2 is 2.07 bits per heavy atom. The lowest BCUT2D eigenvalue weighted by Crippen LogP contribution is -2.42. The summed E-state index contributed by atoms with van der Waals surface area (Å²) >= 11 is 0. The molecule has 8 heteroatoms. The second-order valence-corrected chi connectivity index (χ2v) is 5.58. The first-order chi connectivity index (χ1) is 12.7. The van der Waals surface area contributed by atoms with Crippen LogP contribution in [0.15, 0.2) is 47.6 Å². The van der Waals surface area contributed by atoms with E-state index in [1.165, 1.54) is 12.1 Å². The molecule has 27 heavy (non-hydrogen) atoms. The zero-order valence-corrected chi connectivity index (χ0v) is 18.1. The SMILES string of the molecule is CCC(CNC(=NC)NCc1cccnc1OC)Oc1cccc(F)c1.I. The molecule has 0 fully saturated rings. The number of ether oxygens (including phenoxy) is 2. The highest BCUT2D eigenvalue weighted by atomic mass is 127. The van der Waals surface area contributed by atoms with Crippen molar-refractivity contribution in [3.05, 3.63) is 54.0 Å². The quantitative estimate of drug-likeness (QED) is 0.339. The summed E-state index contributed by atoms with van der Waals surface area (Å²) in [4.78, 5) is 8.37. The highest BCUT2D eigenvalue weighted by Crippen LogP contribution is 2.15. The number of hydrogen-bond donors (Lipinski definition) is 2. The Bertz CT molecular complexity index is 730. The normalized spacial score (nSPS) is 11.9. The second kappa shape index (κ2) is 12.3. The maximum atomic E-state index is 13.3. The van der Waals surface area contributed by atoms with E-state index in [0.717, 1.165) is 12.0 Å². The number of nitrogens with zero attached hydrogens (tertiary/aromatic N) is 2. The number of pyridine rings is 1. The van der Waals surface area contributed by atoms with Gasteiger partial charge in [-0.3, -0.25) is 4.99 Å². The average molecular weight is 488 g/mol. The molecule has 2 N–H and O–H groups in total. The molecule has 1 aromatic carbocycles. The molecule has 0 aliphatic rings. The van der Waals surface area contributed by atoms with Gasteiger partial charge >= 0.3 is 0 Å². The monoisotopic (exact) mass is 488 g/mol. The third kappa shape index (κ3) is 7.58. The minimum absolute atomic E-state index is 0. The number of hydrogen-bond acceptors (Lipinski definition) is 4. The molecule has 2 rings (SSSR count). The van der Waals surface area contributed by atoms with Crippen LogP contribution in [0.3, 0.4) is 0 Å². The number of benzene rings is 1. The molecule has 1 heterocycles. The largest absolute Gasteiger partial charge is 0.489 e. The molecule has 0 bridgehead atoms. The third-order valence-electron chi connectivity index (χ3n) is 3.76. The standard InChI is InChI=1S/C19H25FN4O2.HI/c1-4-16(26-17-9-5-8-15(20)11-17)13-24-19(21-2)23-12-14-7-6-10-22-18(14)25-3;/h5-11,16H,4,12-13H2,1-3H3,(H2,21,23,24);1H. The summed E-state index contributed by atoms with van der Waals surface area (Å²) < 4.78 is 24.3. The minimum Gasteiger partial charge on any atom is -0.489 e. The molecule has 2 aromatic rings. The van der Waals surface area contributed by atoms with Gasteiger partial charge in [-0.15, -0.1) is 24.0 Å². The van der Waals surface area contributed by atoms with E-state index in [4.69, 9.17) is 9.47 Å². The molecule has 0 saturated heterocycles. The van der Waals surface area contributed by atoms with Crippen molar-refractivity contribution in [3.8, 4) is 11.6 Å². The van der Waals surface area contributed by atoms with Gasteiger partial charge in [0.15, 0.2) is 5.96 Å². The molecular formula is C19H26FIN4O2. The lowest BCUT2D eigenvalue weighted by atomic mass is 10.2. The summed E-state index contributed by atoms with van der Waals surface area (Å²) in [5.41, 5.74) is 0.931. The van der Waals surface area contributed by atoms with Crippen LogP contribution in [-0.2, 0) is 6.54 Å². The van der Waals surface area contributed by atoms with Crippen molar-refractivity contribution in [1.29, 1.82) is 0 Å². The first kappa shape index (κ1) is 22.9. The van der Waals surface area contributed by atoms with Crippen molar-refractivity contribution in [2.24, 2.45) is 4.99 Å². The Hall–Kier alpha value is -2.10. The van der Waals surface area contributed by atoms with Crippen LogP contribution in [0.5, 0.6) is 11.6 Å². The van der Waals surface area contributed by atoms with Gasteiger partial charge in [0.1, 0.15) is 17.7 Å². The molecule has 0 spiro atoms. The van der Waals surface area contributed by atoms with Gasteiger partial charge in [-0.2, -0.15) is 0 Å². The average Bonchev–Trinajstić information content (AvgIpc) is 2.67. The zero-order chi connectivity index (χ0) is 18.8. The molecule has 0 amide bonds. The summed E-state index contributed by atoms with van der Waals surface area (Å²) in [6.07, 6.45) is 2.35. The molecule has 1 atom stereocenters. The molecule has 0 radical (unpaired) electrons. The molecule has 0 aliphatic carbocycles. The van der Waals surface area contributed by atoms with Gasteiger partial charge in [-0.25, -0.2) is 9.37 Å². The smallest absolute Gasteiger partial charge is 0.218 e. The highest BCUT2D eigenvalue weighted by molar-refractivity contribution is 14.0. The molecule has 148 valence electrons. The number of methoxy groups -OCH3 is 1. The maximum Gasteiger partial charge on any atom is 0.218 e. The van der Waals surface area contributed by atoms with E-state index in [-0.39, 0.29) is 35.9 Å². The molecule has 0 aliphatic heterocycles. The molecule has 1 aromatic heterocycles. The van der Waals surface area contributed by atoms with Gasteiger partial charge in [0.25, 0.3) is 0 Å². The van der Waals surface area contributed by atoms with E-state index in [1.807, 2.05) is 19.1 Å². The Kier molecular flexibility index (Phi) is 10.5. The fraction of sp³-hybridized carbons (Fsp3) is 0.368. The summed E-state index contributed by atoms with van der Waals surface area (Å²) in [5.74, 6) is 1.42. The predicted octanol–water partition coefficient (Wildman–Crippen LogP) is 3.37. The number of halogens is 2. The minimum atomic E-state index is -0.312. The van der Waals surface area contributed by atoms with E-state index < -0.39 is 0 Å². The first-order valence-corrected chi connectivity index (χ1v) is 8.50. The Morgan fingerprint density at radius 1 is 1.26 bits per heavy atom. The first-order valence-electron chi connectivity index (χ1n) is 8.50. The summed E-state index contributed by atoms with van der Waals surface area (Å²) in [6.45, 7) is 3.08. The lowest BCUT2D eigenvalue weighted by molar-refractivity contribution is 0.198. The van der Waals surface area contributed by atoms with Crippen LogP contribution in [0.25, 0.3) is 0 Å². The third-order valence-corrected chi connectivity index (χ3v) is 3.76. The number of aromatic nitrogens is 1. The topological polar surface area (TPSA) is 67.8 Å². The van der Waals surface area contributed by atoms with Crippen LogP contribution in [0, 0.1) is 5.82 Å². The predicted molar refractivity (Wildman–Crippen MR) is 116 cm³/mol. The van der Waals surface area contributed by atoms with Crippen LogP contribution in [-0.4, -0.2) is 37.7 Å².